The van der Waals surface area contributed by atoms with E-state index in [0.29, 0.717) is 11.6 Å². The Morgan fingerprint density at radius 1 is 1.15 bits per heavy atom. The highest BCUT2D eigenvalue weighted by atomic mass is 19.1. The fourth-order valence-corrected chi connectivity index (χ4v) is 2.86. The number of carbonyl (C=O) groups is 1. The fourth-order valence-electron chi connectivity index (χ4n) is 2.86. The van der Waals surface area contributed by atoms with Crippen LogP contribution >= 0.6 is 0 Å². The van der Waals surface area contributed by atoms with Crippen LogP contribution in [0.3, 0.4) is 0 Å². The number of aromatic nitrogens is 4. The van der Waals surface area contributed by atoms with Crippen molar-refractivity contribution in [1.82, 2.24) is 19.7 Å². The Morgan fingerprint density at radius 2 is 1.89 bits per heavy atom. The minimum absolute atomic E-state index is 0.264. The smallest absolute Gasteiger partial charge is 0.231 e. The Balaban J connectivity index is 1.54. The molecule has 0 saturated heterocycles. The van der Waals surface area contributed by atoms with E-state index in [4.69, 9.17) is 0 Å². The van der Waals surface area contributed by atoms with Crippen molar-refractivity contribution in [3.8, 4) is 5.95 Å². The average molecular weight is 367 g/mol. The largest absolute Gasteiger partial charge is 0.323 e. The number of nitrogens with zero attached hydrogens (tertiary/aromatic N) is 3. The minimum Gasteiger partial charge on any atom is -0.323 e. The zero-order valence-electron chi connectivity index (χ0n) is 14.3. The monoisotopic (exact) mass is 367 g/mol. The third-order valence-electron chi connectivity index (χ3n) is 4.27. The number of hydrogen-bond donors (Lipinski definition) is 2. The molecule has 2 aromatic heterocycles. The molecule has 0 bridgehead atoms. The summed E-state index contributed by atoms with van der Waals surface area (Å²) in [6.07, 6.45) is 3.01. The van der Waals surface area contributed by atoms with Gasteiger partial charge in [0.1, 0.15) is 11.6 Å². The Morgan fingerprint density at radius 3 is 2.63 bits per heavy atom. The van der Waals surface area contributed by atoms with E-state index in [0.717, 1.165) is 23.2 Å². The molecule has 1 amide bonds. The first-order chi connectivity index (χ1) is 13.0. The minimum atomic E-state index is -0.999. The summed E-state index contributed by atoms with van der Waals surface area (Å²) < 4.78 is 29.2. The molecule has 4 aromatic rings. The van der Waals surface area contributed by atoms with Gasteiger partial charge in [-0.2, -0.15) is 5.10 Å². The Bertz CT molecular complexity index is 1080. The number of halogens is 2. The van der Waals surface area contributed by atoms with Crippen LogP contribution in [-0.2, 0) is 4.79 Å². The molecule has 6 nitrogen and oxygen atoms in total. The topological polar surface area (TPSA) is 75.6 Å². The van der Waals surface area contributed by atoms with Crippen LogP contribution in [0, 0.1) is 11.6 Å². The highest BCUT2D eigenvalue weighted by Gasteiger charge is 2.23. The molecule has 0 radical (unpaired) electrons. The molecule has 4 rings (SSSR count). The predicted octanol–water partition coefficient (Wildman–Crippen LogP) is 3.77. The second kappa shape index (κ2) is 6.64. The lowest BCUT2D eigenvalue weighted by Crippen LogP contribution is -2.20. The predicted molar refractivity (Wildman–Crippen MR) is 96.6 cm³/mol. The highest BCUT2D eigenvalue weighted by Crippen LogP contribution is 2.24. The molecule has 0 spiro atoms. The van der Waals surface area contributed by atoms with Gasteiger partial charge in [-0.1, -0.05) is 18.2 Å². The van der Waals surface area contributed by atoms with E-state index in [1.54, 1.807) is 6.20 Å². The van der Waals surface area contributed by atoms with Gasteiger partial charge in [-0.3, -0.25) is 4.79 Å². The number of H-pyrrole nitrogens is 1. The van der Waals surface area contributed by atoms with Crippen LogP contribution in [0.2, 0.25) is 0 Å². The molecule has 0 aliphatic heterocycles. The maximum Gasteiger partial charge on any atom is 0.231 e. The lowest BCUT2D eigenvalue weighted by atomic mass is 9.99. The number of hydrogen-bond acceptors (Lipinski definition) is 3. The maximum absolute atomic E-state index is 13.9. The molecule has 1 unspecified atom stereocenters. The first kappa shape index (κ1) is 16.9. The van der Waals surface area contributed by atoms with Gasteiger partial charge in [0.05, 0.1) is 35.0 Å². The number of para-hydroxylation sites is 2. The van der Waals surface area contributed by atoms with Crippen LogP contribution in [0.5, 0.6) is 0 Å². The zero-order chi connectivity index (χ0) is 19.0. The Kier molecular flexibility index (Phi) is 4.15. The van der Waals surface area contributed by atoms with E-state index in [-0.39, 0.29) is 5.56 Å². The molecule has 0 fully saturated rings. The third-order valence-corrected chi connectivity index (χ3v) is 4.27. The van der Waals surface area contributed by atoms with E-state index in [9.17, 15) is 13.6 Å². The van der Waals surface area contributed by atoms with Gasteiger partial charge in [0, 0.05) is 5.56 Å². The number of amides is 1. The van der Waals surface area contributed by atoms with E-state index in [1.807, 2.05) is 24.3 Å². The van der Waals surface area contributed by atoms with Gasteiger partial charge >= 0.3 is 0 Å². The molecular weight excluding hydrogens is 352 g/mol. The molecular formula is C19H15F2N5O. The average Bonchev–Trinajstić information content (AvgIpc) is 3.27. The van der Waals surface area contributed by atoms with Crippen LogP contribution in [0.25, 0.3) is 17.0 Å². The maximum atomic E-state index is 13.9. The van der Waals surface area contributed by atoms with Crippen molar-refractivity contribution in [2.24, 2.45) is 0 Å². The molecule has 1 atom stereocenters. The summed E-state index contributed by atoms with van der Waals surface area (Å²) >= 11 is 0. The van der Waals surface area contributed by atoms with Gasteiger partial charge in [0.15, 0.2) is 0 Å². The first-order valence-corrected chi connectivity index (χ1v) is 8.27. The van der Waals surface area contributed by atoms with Crippen LogP contribution < -0.4 is 5.32 Å². The zero-order valence-corrected chi connectivity index (χ0v) is 14.3. The summed E-state index contributed by atoms with van der Waals surface area (Å²) in [6, 6.07) is 11.0. The van der Waals surface area contributed by atoms with E-state index in [1.165, 1.54) is 23.9 Å². The molecule has 27 heavy (non-hydrogen) atoms. The van der Waals surface area contributed by atoms with Crippen LogP contribution in [0.4, 0.5) is 14.5 Å². The number of nitrogens with one attached hydrogen (secondary N) is 2. The number of anilines is 1. The van der Waals surface area contributed by atoms with Crippen molar-refractivity contribution in [2.75, 3.05) is 5.32 Å². The summed E-state index contributed by atoms with van der Waals surface area (Å²) in [5.74, 6) is -2.56. The highest BCUT2D eigenvalue weighted by molar-refractivity contribution is 5.95. The number of imidazole rings is 1. The van der Waals surface area contributed by atoms with Crippen molar-refractivity contribution in [3.63, 3.8) is 0 Å². The molecule has 2 aromatic carbocycles. The van der Waals surface area contributed by atoms with Crippen LogP contribution in [0.15, 0.2) is 54.9 Å². The molecule has 0 aliphatic carbocycles. The van der Waals surface area contributed by atoms with Crippen molar-refractivity contribution in [1.29, 1.82) is 0 Å². The number of rotatable bonds is 4. The summed E-state index contributed by atoms with van der Waals surface area (Å²) in [4.78, 5) is 19.9. The number of aromatic amines is 1. The lowest BCUT2D eigenvalue weighted by Gasteiger charge is -2.13. The van der Waals surface area contributed by atoms with Gasteiger partial charge in [-0.25, -0.2) is 18.4 Å². The normalized spacial score (nSPS) is 12.3. The standard InChI is InChI=1S/C19H15F2N5O/c1-11(17-13(20)5-4-6-14(17)21)18(27)23-12-9-22-26(10-12)19-24-15-7-2-3-8-16(15)25-19/h2-11H,1H3,(H,23,27)(H,24,25). The summed E-state index contributed by atoms with van der Waals surface area (Å²) in [6.45, 7) is 1.44. The third kappa shape index (κ3) is 3.17. The summed E-state index contributed by atoms with van der Waals surface area (Å²) in [5.41, 5.74) is 1.78. The number of carbonyl (C=O) groups excluding carboxylic acids is 1. The molecule has 0 saturated carbocycles. The second-order valence-corrected chi connectivity index (χ2v) is 6.10. The molecule has 0 aliphatic rings. The lowest BCUT2D eigenvalue weighted by molar-refractivity contribution is -0.117. The second-order valence-electron chi connectivity index (χ2n) is 6.10. The summed E-state index contributed by atoms with van der Waals surface area (Å²) in [7, 11) is 0. The van der Waals surface area contributed by atoms with Gasteiger partial charge in [0.25, 0.3) is 0 Å². The first-order valence-electron chi connectivity index (χ1n) is 8.27. The fraction of sp³-hybridized carbons (Fsp3) is 0.105. The number of fused-ring (bicyclic) bond motifs is 1. The van der Waals surface area contributed by atoms with Crippen molar-refractivity contribution in [2.45, 2.75) is 12.8 Å². The Hall–Kier alpha value is -3.55. The molecule has 2 heterocycles. The van der Waals surface area contributed by atoms with Gasteiger partial charge in [0.2, 0.25) is 11.9 Å². The molecule has 2 N–H and O–H groups in total. The van der Waals surface area contributed by atoms with E-state index in [2.05, 4.69) is 20.4 Å². The van der Waals surface area contributed by atoms with Crippen molar-refractivity contribution in [3.05, 3.63) is 72.1 Å². The molecule has 8 heteroatoms. The van der Waals surface area contributed by atoms with Gasteiger partial charge in [-0.15, -0.1) is 0 Å². The van der Waals surface area contributed by atoms with E-state index < -0.39 is 23.5 Å². The summed E-state index contributed by atoms with van der Waals surface area (Å²) in [5, 5.41) is 6.78. The van der Waals surface area contributed by atoms with Gasteiger partial charge < -0.3 is 10.3 Å². The molecule has 136 valence electrons. The Labute approximate surface area is 152 Å². The SMILES string of the molecule is CC(C(=O)Nc1cnn(-c2nc3ccccc3[nH]2)c1)c1c(F)cccc1F. The van der Waals surface area contributed by atoms with E-state index >= 15 is 0 Å². The van der Waals surface area contributed by atoms with Crippen molar-refractivity contribution < 1.29 is 13.6 Å². The number of benzene rings is 2. The van der Waals surface area contributed by atoms with Crippen LogP contribution in [0.1, 0.15) is 18.4 Å². The van der Waals surface area contributed by atoms with Crippen LogP contribution in [-0.4, -0.2) is 25.7 Å². The quantitative estimate of drug-likeness (QED) is 0.577. The van der Waals surface area contributed by atoms with Gasteiger partial charge in [-0.05, 0) is 31.2 Å². The van der Waals surface area contributed by atoms with Crippen molar-refractivity contribution >= 4 is 22.6 Å².